The zero-order chi connectivity index (χ0) is 14.4. The Balaban J connectivity index is 1.81. The van der Waals surface area contributed by atoms with Crippen LogP contribution in [0.5, 0.6) is 0 Å². The van der Waals surface area contributed by atoms with Crippen LogP contribution in [0, 0.1) is 6.92 Å². The molecule has 4 heteroatoms. The number of rotatable bonds is 6. The van der Waals surface area contributed by atoms with Crippen LogP contribution in [0.25, 0.3) is 6.08 Å². The summed E-state index contributed by atoms with van der Waals surface area (Å²) < 4.78 is 10.6. The second-order valence-corrected chi connectivity index (χ2v) is 4.33. The number of carbonyl (C=O) groups is 1. The van der Waals surface area contributed by atoms with Gasteiger partial charge in [0.1, 0.15) is 5.76 Å². The Kier molecular flexibility index (Phi) is 4.74. The first-order chi connectivity index (χ1) is 9.66. The topological polar surface area (TPSA) is 59.7 Å². The number of carboxylic acids is 1. The fraction of sp³-hybridized carbons (Fsp3) is 0.188. The van der Waals surface area contributed by atoms with Crippen LogP contribution in [0.15, 0.2) is 46.9 Å². The maximum atomic E-state index is 10.8. The van der Waals surface area contributed by atoms with Crippen LogP contribution in [-0.2, 0) is 11.3 Å². The Labute approximate surface area is 117 Å². The van der Waals surface area contributed by atoms with Crippen molar-refractivity contribution in [1.29, 1.82) is 0 Å². The molecule has 1 aromatic carbocycles. The van der Waals surface area contributed by atoms with Crippen LogP contribution in [0.1, 0.15) is 27.4 Å². The lowest BCUT2D eigenvalue weighted by Gasteiger charge is -1.99. The van der Waals surface area contributed by atoms with E-state index < -0.39 is 5.97 Å². The molecule has 0 saturated heterocycles. The lowest BCUT2D eigenvalue weighted by molar-refractivity contribution is 0.0661. The van der Waals surface area contributed by atoms with Crippen molar-refractivity contribution >= 4 is 12.0 Å². The first kappa shape index (κ1) is 14.1. The molecule has 1 heterocycles. The van der Waals surface area contributed by atoms with Crippen molar-refractivity contribution in [2.75, 3.05) is 6.61 Å². The second kappa shape index (κ2) is 6.73. The number of aromatic carboxylic acids is 1. The molecule has 0 saturated carbocycles. The van der Waals surface area contributed by atoms with Gasteiger partial charge in [0.15, 0.2) is 0 Å². The Hall–Kier alpha value is -2.33. The Morgan fingerprint density at radius 2 is 2.10 bits per heavy atom. The van der Waals surface area contributed by atoms with Crippen LogP contribution in [0.3, 0.4) is 0 Å². The highest BCUT2D eigenvalue weighted by Crippen LogP contribution is 2.15. The molecule has 0 unspecified atom stereocenters. The summed E-state index contributed by atoms with van der Waals surface area (Å²) >= 11 is 0. The fourth-order valence-electron chi connectivity index (χ4n) is 1.75. The van der Waals surface area contributed by atoms with Gasteiger partial charge >= 0.3 is 5.97 Å². The molecule has 20 heavy (non-hydrogen) atoms. The van der Waals surface area contributed by atoms with Crippen molar-refractivity contribution in [1.82, 2.24) is 0 Å². The van der Waals surface area contributed by atoms with Crippen LogP contribution in [-0.4, -0.2) is 17.7 Å². The van der Waals surface area contributed by atoms with E-state index in [0.29, 0.717) is 19.0 Å². The van der Waals surface area contributed by atoms with Gasteiger partial charge in [0.25, 0.3) is 0 Å². The summed E-state index contributed by atoms with van der Waals surface area (Å²) in [5.41, 5.74) is 1.87. The lowest BCUT2D eigenvalue weighted by atomic mass is 10.2. The smallest absolute Gasteiger partial charge is 0.371 e. The minimum atomic E-state index is -1.07. The molecule has 4 nitrogen and oxygen atoms in total. The summed E-state index contributed by atoms with van der Waals surface area (Å²) in [4.78, 5) is 10.8. The van der Waals surface area contributed by atoms with E-state index in [2.05, 4.69) is 0 Å². The summed E-state index contributed by atoms with van der Waals surface area (Å²) in [7, 11) is 0. The molecule has 0 radical (unpaired) electrons. The molecule has 0 bridgehead atoms. The predicted octanol–water partition coefficient (Wildman–Crippen LogP) is 3.52. The van der Waals surface area contributed by atoms with Crippen LogP contribution >= 0.6 is 0 Å². The average molecular weight is 272 g/mol. The van der Waals surface area contributed by atoms with E-state index in [4.69, 9.17) is 14.3 Å². The molecule has 1 N–H and O–H groups in total. The third-order valence-corrected chi connectivity index (χ3v) is 2.81. The van der Waals surface area contributed by atoms with Gasteiger partial charge in [0, 0.05) is 5.56 Å². The maximum Gasteiger partial charge on any atom is 0.371 e. The van der Waals surface area contributed by atoms with Crippen molar-refractivity contribution in [2.45, 2.75) is 13.5 Å². The predicted molar refractivity (Wildman–Crippen MR) is 75.5 cm³/mol. The van der Waals surface area contributed by atoms with Gasteiger partial charge in [0.2, 0.25) is 5.76 Å². The van der Waals surface area contributed by atoms with E-state index in [0.717, 1.165) is 11.1 Å². The molecule has 0 atom stereocenters. The molecule has 0 aliphatic rings. The SMILES string of the molecule is Cc1oc(C(=O)O)cc1COCC=Cc1ccccc1. The first-order valence-corrected chi connectivity index (χ1v) is 6.29. The molecular weight excluding hydrogens is 256 g/mol. The summed E-state index contributed by atoms with van der Waals surface area (Å²) in [5.74, 6) is -0.543. The van der Waals surface area contributed by atoms with Crippen LogP contribution < -0.4 is 0 Å². The van der Waals surface area contributed by atoms with Crippen LogP contribution in [0.4, 0.5) is 0 Å². The van der Waals surface area contributed by atoms with Gasteiger partial charge in [-0.3, -0.25) is 0 Å². The Morgan fingerprint density at radius 3 is 2.75 bits per heavy atom. The van der Waals surface area contributed by atoms with Crippen molar-refractivity contribution in [3.05, 3.63) is 65.1 Å². The number of hydrogen-bond donors (Lipinski definition) is 1. The van der Waals surface area contributed by atoms with Gasteiger partial charge in [0.05, 0.1) is 13.2 Å². The molecule has 104 valence electrons. The second-order valence-electron chi connectivity index (χ2n) is 4.33. The Morgan fingerprint density at radius 1 is 1.35 bits per heavy atom. The van der Waals surface area contributed by atoms with Crippen LogP contribution in [0.2, 0.25) is 0 Å². The first-order valence-electron chi connectivity index (χ1n) is 6.29. The fourth-order valence-corrected chi connectivity index (χ4v) is 1.75. The number of carboxylic acid groups (broad SMARTS) is 1. The molecule has 0 aliphatic carbocycles. The van der Waals surface area contributed by atoms with Crippen molar-refractivity contribution < 1.29 is 19.1 Å². The van der Waals surface area contributed by atoms with Gasteiger partial charge < -0.3 is 14.3 Å². The molecule has 0 fully saturated rings. The molecule has 2 aromatic rings. The third-order valence-electron chi connectivity index (χ3n) is 2.81. The summed E-state index contributed by atoms with van der Waals surface area (Å²) in [6.07, 6.45) is 3.90. The quantitative estimate of drug-likeness (QED) is 0.817. The maximum absolute atomic E-state index is 10.8. The molecular formula is C16H16O4. The summed E-state index contributed by atoms with van der Waals surface area (Å²) in [6.45, 7) is 2.52. The highest BCUT2D eigenvalue weighted by Gasteiger charge is 2.12. The van der Waals surface area contributed by atoms with E-state index in [1.54, 1.807) is 6.92 Å². The Bertz CT molecular complexity index is 596. The highest BCUT2D eigenvalue weighted by molar-refractivity contribution is 5.84. The van der Waals surface area contributed by atoms with Crippen molar-refractivity contribution in [2.24, 2.45) is 0 Å². The molecule has 0 amide bonds. The van der Waals surface area contributed by atoms with E-state index in [9.17, 15) is 4.79 Å². The third kappa shape index (κ3) is 3.83. The number of aryl methyl sites for hydroxylation is 1. The van der Waals surface area contributed by atoms with Crippen molar-refractivity contribution in [3.63, 3.8) is 0 Å². The minimum absolute atomic E-state index is 0.0547. The van der Waals surface area contributed by atoms with E-state index in [1.165, 1.54) is 6.07 Å². The molecule has 0 spiro atoms. The number of furan rings is 1. The standard InChI is InChI=1S/C16H16O4/c1-12-14(10-15(20-12)16(17)18)11-19-9-5-8-13-6-3-2-4-7-13/h2-8,10H,9,11H2,1H3,(H,17,18). The molecule has 0 aliphatic heterocycles. The van der Waals surface area contributed by atoms with Gasteiger partial charge in [-0.15, -0.1) is 0 Å². The van der Waals surface area contributed by atoms with E-state index in [-0.39, 0.29) is 5.76 Å². The lowest BCUT2D eigenvalue weighted by Crippen LogP contribution is -1.94. The summed E-state index contributed by atoms with van der Waals surface area (Å²) in [6, 6.07) is 11.4. The van der Waals surface area contributed by atoms with E-state index in [1.807, 2.05) is 42.5 Å². The van der Waals surface area contributed by atoms with Gasteiger partial charge in [-0.1, -0.05) is 42.5 Å². The van der Waals surface area contributed by atoms with Gasteiger partial charge in [-0.05, 0) is 18.6 Å². The number of hydrogen-bond acceptors (Lipinski definition) is 3. The molecule has 2 rings (SSSR count). The van der Waals surface area contributed by atoms with Gasteiger partial charge in [-0.25, -0.2) is 4.79 Å². The largest absolute Gasteiger partial charge is 0.475 e. The number of benzene rings is 1. The van der Waals surface area contributed by atoms with Crippen molar-refractivity contribution in [3.8, 4) is 0 Å². The van der Waals surface area contributed by atoms with E-state index >= 15 is 0 Å². The average Bonchev–Trinajstić information content (AvgIpc) is 2.81. The normalized spacial score (nSPS) is 11.1. The number of ether oxygens (including phenoxy) is 1. The highest BCUT2D eigenvalue weighted by atomic mass is 16.5. The summed E-state index contributed by atoms with van der Waals surface area (Å²) in [5, 5.41) is 8.81. The van der Waals surface area contributed by atoms with Gasteiger partial charge in [-0.2, -0.15) is 0 Å². The monoisotopic (exact) mass is 272 g/mol. The molecule has 1 aromatic heterocycles. The zero-order valence-corrected chi connectivity index (χ0v) is 11.2. The minimum Gasteiger partial charge on any atom is -0.475 e. The zero-order valence-electron chi connectivity index (χ0n) is 11.2.